The van der Waals surface area contributed by atoms with E-state index in [1.165, 1.54) is 218 Å². The molecular weight excluding hydrogens is 1520 g/mol. The fraction of sp³-hybridized carbons (Fsp3) is 0.226. The van der Waals surface area contributed by atoms with E-state index in [4.69, 9.17) is 0 Å². The summed E-state index contributed by atoms with van der Waals surface area (Å²) in [6.45, 7) is 26.6. The van der Waals surface area contributed by atoms with Crippen LogP contribution in [-0.2, 0) is 38.5 Å². The van der Waals surface area contributed by atoms with Crippen LogP contribution in [0.3, 0.4) is 0 Å². The van der Waals surface area contributed by atoms with Crippen LogP contribution in [0.2, 0.25) is 0 Å². The zero-order valence-electron chi connectivity index (χ0n) is 76.7. The van der Waals surface area contributed by atoms with Crippen LogP contribution in [-0.4, -0.2) is 0 Å². The first-order valence-electron chi connectivity index (χ1n) is 46.7. The average molecular weight is 1640 g/mol. The highest BCUT2D eigenvalue weighted by molar-refractivity contribution is 5.88. The van der Waals surface area contributed by atoms with Crippen LogP contribution in [0.15, 0.2) is 352 Å². The SMILES string of the molecule is CCCCCCc1cc(-c2ccc(N(c3ccc(-c4ccc(C)cc4)cc3)c3ccc(-c4ccc(CCC)cc4)cc3)cc2C)c(CCCCCC)cc1-c1ccc(N(c2ccc(-c3ccc(C)cc3)cc2)c2ccc(-c3ccc(CCC)cc3)cc2)cc1C.Cc1ccc(-c2cc(-c3ccc(C)cc3)cc(-c3ccc(C)cc3)c2)cc1.Cc1ccc2c(c1)CC2. The van der Waals surface area contributed by atoms with E-state index in [1.807, 2.05) is 0 Å². The fourth-order valence-corrected chi connectivity index (χ4v) is 17.9. The number of unbranched alkanes of at least 4 members (excludes halogenated alkanes) is 6. The minimum absolute atomic E-state index is 1.04. The maximum atomic E-state index is 2.61. The van der Waals surface area contributed by atoms with Gasteiger partial charge in [-0.25, -0.2) is 0 Å². The third kappa shape index (κ3) is 22.1. The molecular formula is C124H126N2. The lowest BCUT2D eigenvalue weighted by atomic mass is 9.84. The molecule has 0 saturated heterocycles. The molecule has 0 fully saturated rings. The molecule has 0 aliphatic heterocycles. The second kappa shape index (κ2) is 42.2. The predicted molar refractivity (Wildman–Crippen MR) is 547 cm³/mol. The molecule has 0 amide bonds. The maximum absolute atomic E-state index is 2.61. The third-order valence-corrected chi connectivity index (χ3v) is 25.5. The van der Waals surface area contributed by atoms with Crippen molar-refractivity contribution in [1.29, 1.82) is 0 Å². The standard InChI is InChI=1S/C88H92N2.C27H24.C9H10/c1-9-13-15-17-21-77-61-88(86-58-56-84(60-66(86)8)90(80-49-41-74(42-50-80)70-33-25-64(6)26-34-70)82-53-45-76(46-54-82)72-37-29-68(20-12-4)30-38-72)78(22-18-16-14-10-2)62-87(77)85-57-55-83(59-65(85)7)89(79-47-39-73(40-48-79)69-31-23-63(5)24-32-69)81-51-43-75(44-52-81)71-35-27-67(19-11-3)28-36-71;1-19-4-10-22(11-5-19)25-16-26(23-12-6-20(2)7-13-23)18-27(17-25)24-14-8-21(3)9-15-24;1-7-2-3-8-4-5-9(8)6-7/h23-62H,9-22H2,1-8H3;4-18H,1-3H3;2-3,6H,4-5H2,1H3. The van der Waals surface area contributed by atoms with E-state index < -0.39 is 0 Å². The molecule has 0 N–H and O–H groups in total. The van der Waals surface area contributed by atoms with Crippen LogP contribution < -0.4 is 9.80 Å². The second-order valence-corrected chi connectivity index (χ2v) is 35.4. The average Bonchev–Trinajstić information content (AvgIpc) is 0.755. The monoisotopic (exact) mass is 1640 g/mol. The van der Waals surface area contributed by atoms with E-state index in [-0.39, 0.29) is 0 Å². The summed E-state index contributed by atoms with van der Waals surface area (Å²) in [5.74, 6) is 0. The Labute approximate surface area is 754 Å². The number of fused-ring (bicyclic) bond motifs is 1. The van der Waals surface area contributed by atoms with E-state index in [0.29, 0.717) is 0 Å². The van der Waals surface area contributed by atoms with Crippen molar-refractivity contribution in [3.8, 4) is 100 Å². The van der Waals surface area contributed by atoms with Crippen molar-refractivity contribution >= 4 is 34.1 Å². The van der Waals surface area contributed by atoms with Gasteiger partial charge < -0.3 is 9.80 Å². The van der Waals surface area contributed by atoms with Crippen molar-refractivity contribution in [2.24, 2.45) is 0 Å². The minimum atomic E-state index is 1.04. The topological polar surface area (TPSA) is 6.48 Å². The quantitative estimate of drug-likeness (QED) is 0.0431. The molecule has 0 spiro atoms. The Hall–Kier alpha value is -12.9. The summed E-state index contributed by atoms with van der Waals surface area (Å²) < 4.78 is 0. The molecule has 17 rings (SSSR count). The van der Waals surface area contributed by atoms with E-state index in [1.54, 1.807) is 11.1 Å². The smallest absolute Gasteiger partial charge is 0.0464 e. The Balaban J connectivity index is 0.000000277. The molecule has 0 aromatic heterocycles. The van der Waals surface area contributed by atoms with Gasteiger partial charge in [-0.05, 0) is 342 Å². The predicted octanol–water partition coefficient (Wildman–Crippen LogP) is 35.7. The molecule has 632 valence electrons. The highest BCUT2D eigenvalue weighted by Crippen LogP contribution is 2.45. The minimum Gasteiger partial charge on any atom is -0.310 e. The number of aryl methyl sites for hydroxylation is 14. The Bertz CT molecular complexity index is 5810. The van der Waals surface area contributed by atoms with Crippen molar-refractivity contribution in [3.63, 3.8) is 0 Å². The van der Waals surface area contributed by atoms with E-state index in [2.05, 4.69) is 445 Å². The lowest BCUT2D eigenvalue weighted by Gasteiger charge is -2.28. The molecule has 2 nitrogen and oxygen atoms in total. The fourth-order valence-electron chi connectivity index (χ4n) is 17.9. The van der Waals surface area contributed by atoms with Crippen LogP contribution in [0.4, 0.5) is 34.1 Å². The lowest BCUT2D eigenvalue weighted by Crippen LogP contribution is -2.10. The largest absolute Gasteiger partial charge is 0.310 e. The highest BCUT2D eigenvalue weighted by Gasteiger charge is 2.23. The van der Waals surface area contributed by atoms with Crippen LogP contribution in [0.25, 0.3) is 100 Å². The van der Waals surface area contributed by atoms with Gasteiger partial charge in [-0.15, -0.1) is 0 Å². The van der Waals surface area contributed by atoms with Crippen LogP contribution in [0.5, 0.6) is 0 Å². The van der Waals surface area contributed by atoms with Gasteiger partial charge in [-0.3, -0.25) is 0 Å². The van der Waals surface area contributed by atoms with Crippen LogP contribution in [0, 0.1) is 55.4 Å². The van der Waals surface area contributed by atoms with E-state index in [0.717, 1.165) is 85.5 Å². The molecule has 0 unspecified atom stereocenters. The first kappa shape index (κ1) is 88.0. The Kier molecular flexibility index (Phi) is 29.5. The summed E-state index contributed by atoms with van der Waals surface area (Å²) in [4.78, 5) is 4.88. The number of hydrogen-bond donors (Lipinski definition) is 0. The number of hydrogen-bond acceptors (Lipinski definition) is 2. The summed E-state index contributed by atoms with van der Waals surface area (Å²) in [5.41, 5.74) is 48.7. The normalized spacial score (nSPS) is 11.4. The van der Waals surface area contributed by atoms with Crippen molar-refractivity contribution in [3.05, 3.63) is 430 Å². The first-order chi connectivity index (χ1) is 61.5. The molecule has 0 bridgehead atoms. The van der Waals surface area contributed by atoms with Crippen molar-refractivity contribution in [1.82, 2.24) is 0 Å². The van der Waals surface area contributed by atoms with Crippen molar-refractivity contribution in [2.45, 2.75) is 186 Å². The Morgan fingerprint density at radius 2 is 0.437 bits per heavy atom. The van der Waals surface area contributed by atoms with Gasteiger partial charge in [-0.1, -0.05) is 373 Å². The van der Waals surface area contributed by atoms with Crippen molar-refractivity contribution < 1.29 is 0 Å². The van der Waals surface area contributed by atoms with Gasteiger partial charge in [0.05, 0.1) is 0 Å². The van der Waals surface area contributed by atoms with Gasteiger partial charge in [-0.2, -0.15) is 0 Å². The Morgan fingerprint density at radius 1 is 0.183 bits per heavy atom. The van der Waals surface area contributed by atoms with E-state index >= 15 is 0 Å². The molecule has 16 aromatic carbocycles. The van der Waals surface area contributed by atoms with Gasteiger partial charge in [0.15, 0.2) is 0 Å². The molecule has 0 radical (unpaired) electrons. The van der Waals surface area contributed by atoms with Gasteiger partial charge in [0.1, 0.15) is 0 Å². The van der Waals surface area contributed by atoms with Gasteiger partial charge in [0.25, 0.3) is 0 Å². The zero-order valence-corrected chi connectivity index (χ0v) is 76.7. The van der Waals surface area contributed by atoms with E-state index in [9.17, 15) is 0 Å². The summed E-state index contributed by atoms with van der Waals surface area (Å²) in [6.07, 6.45) is 18.9. The molecule has 126 heavy (non-hydrogen) atoms. The van der Waals surface area contributed by atoms with Gasteiger partial charge in [0.2, 0.25) is 0 Å². The summed E-state index contributed by atoms with van der Waals surface area (Å²) >= 11 is 0. The number of benzene rings is 16. The highest BCUT2D eigenvalue weighted by atomic mass is 15.1. The third-order valence-electron chi connectivity index (χ3n) is 25.5. The van der Waals surface area contributed by atoms with Crippen molar-refractivity contribution in [2.75, 3.05) is 9.80 Å². The second-order valence-electron chi connectivity index (χ2n) is 35.4. The molecule has 16 aromatic rings. The first-order valence-corrected chi connectivity index (χ1v) is 46.7. The molecule has 0 atom stereocenters. The number of anilines is 6. The zero-order chi connectivity index (χ0) is 87.4. The molecule has 1 aliphatic carbocycles. The van der Waals surface area contributed by atoms with Crippen LogP contribution in [0.1, 0.15) is 170 Å². The van der Waals surface area contributed by atoms with Gasteiger partial charge >= 0.3 is 0 Å². The molecule has 2 heteroatoms. The molecule has 1 aliphatic rings. The summed E-state index contributed by atoms with van der Waals surface area (Å²) in [7, 11) is 0. The maximum Gasteiger partial charge on any atom is 0.0464 e. The summed E-state index contributed by atoms with van der Waals surface area (Å²) in [5, 5.41) is 0. The van der Waals surface area contributed by atoms with Gasteiger partial charge in [0, 0.05) is 34.1 Å². The lowest BCUT2D eigenvalue weighted by molar-refractivity contribution is 0.664. The molecule has 0 heterocycles. The number of rotatable bonds is 29. The van der Waals surface area contributed by atoms with Crippen LogP contribution >= 0.6 is 0 Å². The number of nitrogens with zero attached hydrogens (tertiary/aromatic N) is 2. The summed E-state index contributed by atoms with van der Waals surface area (Å²) in [6, 6.07) is 132. The Morgan fingerprint density at radius 3 is 0.683 bits per heavy atom. The molecule has 0 saturated carbocycles.